The van der Waals surface area contributed by atoms with Crippen molar-refractivity contribution in [3.05, 3.63) is 53.8 Å². The fraction of sp³-hybridized carbons (Fsp3) is 0.391. The van der Waals surface area contributed by atoms with Gasteiger partial charge in [0.05, 0.1) is 12.1 Å². The quantitative estimate of drug-likeness (QED) is 0.588. The molecule has 7 heteroatoms. The van der Waals surface area contributed by atoms with Crippen LogP contribution in [0.1, 0.15) is 24.8 Å². The van der Waals surface area contributed by atoms with Crippen molar-refractivity contribution in [2.75, 3.05) is 11.0 Å². The van der Waals surface area contributed by atoms with E-state index in [4.69, 9.17) is 0 Å². The zero-order valence-corrected chi connectivity index (χ0v) is 17.6. The molecule has 1 amide bonds. The van der Waals surface area contributed by atoms with Gasteiger partial charge in [0.2, 0.25) is 5.91 Å². The third-order valence-electron chi connectivity index (χ3n) is 6.03. The van der Waals surface area contributed by atoms with E-state index in [1.54, 1.807) is 6.07 Å². The molecule has 0 spiro atoms. The molecular formula is C23H25FN4OS. The number of fused-ring (bicyclic) bond motifs is 2. The Morgan fingerprint density at radius 3 is 2.63 bits per heavy atom. The molecule has 2 aromatic carbocycles. The van der Waals surface area contributed by atoms with Gasteiger partial charge in [0.1, 0.15) is 11.9 Å². The summed E-state index contributed by atoms with van der Waals surface area (Å²) in [5, 5.41) is 15.6. The van der Waals surface area contributed by atoms with Crippen molar-refractivity contribution in [2.24, 2.45) is 5.92 Å². The number of benzene rings is 2. The first-order valence-corrected chi connectivity index (χ1v) is 11.4. The fourth-order valence-corrected chi connectivity index (χ4v) is 4.87. The number of hydrogen-bond acceptors (Lipinski definition) is 5. The summed E-state index contributed by atoms with van der Waals surface area (Å²) < 4.78 is 17.9. The second-order valence-corrected chi connectivity index (χ2v) is 8.61. The first kappa shape index (κ1) is 20.7. The predicted molar refractivity (Wildman–Crippen MR) is 118 cm³/mol. The van der Waals surface area contributed by atoms with E-state index in [-0.39, 0.29) is 24.2 Å². The van der Waals surface area contributed by atoms with Crippen LogP contribution in [0.5, 0.6) is 0 Å². The van der Waals surface area contributed by atoms with Crippen LogP contribution < -0.4 is 15.4 Å². The Labute approximate surface area is 180 Å². The van der Waals surface area contributed by atoms with Gasteiger partial charge in [-0.1, -0.05) is 36.2 Å². The summed E-state index contributed by atoms with van der Waals surface area (Å²) in [7, 11) is 0. The van der Waals surface area contributed by atoms with Crippen molar-refractivity contribution >= 4 is 23.5 Å². The molecule has 1 heterocycles. The van der Waals surface area contributed by atoms with Crippen LogP contribution in [-0.4, -0.2) is 30.3 Å². The monoisotopic (exact) mass is 424 g/mol. The number of nitrogens with zero attached hydrogens (tertiary/aromatic N) is 1. The molecule has 0 radical (unpaired) electrons. The van der Waals surface area contributed by atoms with Crippen LogP contribution in [0.25, 0.3) is 11.1 Å². The van der Waals surface area contributed by atoms with Crippen molar-refractivity contribution in [2.45, 2.75) is 43.8 Å². The molecule has 2 aliphatic rings. The number of nitriles is 1. The molecule has 0 aromatic heterocycles. The highest BCUT2D eigenvalue weighted by atomic mass is 32.2. The van der Waals surface area contributed by atoms with E-state index >= 15 is 0 Å². The van der Waals surface area contributed by atoms with E-state index in [9.17, 15) is 14.4 Å². The van der Waals surface area contributed by atoms with E-state index in [1.165, 1.54) is 18.0 Å². The van der Waals surface area contributed by atoms with Crippen LogP contribution in [0.3, 0.4) is 0 Å². The number of carbonyl (C=O) groups is 1. The summed E-state index contributed by atoms with van der Waals surface area (Å²) >= 11 is 1.51. The molecule has 3 N–H and O–H groups in total. The summed E-state index contributed by atoms with van der Waals surface area (Å²) in [5.41, 5.74) is 3.10. The molecule has 156 valence electrons. The summed E-state index contributed by atoms with van der Waals surface area (Å²) in [6, 6.07) is 14.3. The van der Waals surface area contributed by atoms with E-state index < -0.39 is 6.04 Å². The molecular weight excluding hydrogens is 399 g/mol. The van der Waals surface area contributed by atoms with Gasteiger partial charge in [-0.2, -0.15) is 5.26 Å². The number of rotatable bonds is 7. The standard InChI is InChI=1S/C23H25FN4OS/c1-30-28-18-7-4-14(5-8-18)15-2-3-16(21(24)12-15)10-20(13-25)27-23(29)22-17-6-9-19(11-17)26-22/h2-5,7-8,12,17,19-20,22,26,28H,6,9-11H2,1H3,(H,27,29)/t17?,19-,20?,22+/m1/s1. The Kier molecular flexibility index (Phi) is 6.26. The molecule has 2 bridgehead atoms. The number of amides is 1. The number of nitrogens with one attached hydrogen (secondary N) is 3. The summed E-state index contributed by atoms with van der Waals surface area (Å²) in [5.74, 6) is -0.168. The molecule has 2 fully saturated rings. The highest BCUT2D eigenvalue weighted by Crippen LogP contribution is 2.35. The fourth-order valence-electron chi connectivity index (χ4n) is 4.50. The highest BCUT2D eigenvalue weighted by Gasteiger charge is 2.43. The highest BCUT2D eigenvalue weighted by molar-refractivity contribution is 7.99. The Hall–Kier alpha value is -2.56. The molecule has 30 heavy (non-hydrogen) atoms. The predicted octanol–water partition coefficient (Wildman–Crippen LogP) is 3.87. The van der Waals surface area contributed by atoms with Gasteiger partial charge in [-0.15, -0.1) is 0 Å². The average molecular weight is 425 g/mol. The molecule has 1 saturated heterocycles. The van der Waals surface area contributed by atoms with E-state index in [0.717, 1.165) is 36.1 Å². The van der Waals surface area contributed by atoms with Crippen molar-refractivity contribution in [3.8, 4) is 17.2 Å². The minimum Gasteiger partial charge on any atom is -0.339 e. The number of anilines is 1. The molecule has 4 atom stereocenters. The van der Waals surface area contributed by atoms with E-state index in [0.29, 0.717) is 17.5 Å². The Bertz CT molecular complexity index is 959. The van der Waals surface area contributed by atoms with Crippen LogP contribution in [0.15, 0.2) is 42.5 Å². The third kappa shape index (κ3) is 4.45. The van der Waals surface area contributed by atoms with Crippen LogP contribution >= 0.6 is 11.9 Å². The number of carbonyl (C=O) groups excluding carboxylic acids is 1. The van der Waals surface area contributed by atoms with Crippen molar-refractivity contribution in [1.29, 1.82) is 5.26 Å². The summed E-state index contributed by atoms with van der Waals surface area (Å²) in [6.45, 7) is 0. The minimum absolute atomic E-state index is 0.145. The zero-order chi connectivity index (χ0) is 21.1. The molecule has 4 rings (SSSR count). The van der Waals surface area contributed by atoms with Gasteiger partial charge in [-0.05, 0) is 60.1 Å². The van der Waals surface area contributed by atoms with Gasteiger partial charge in [0.25, 0.3) is 0 Å². The number of hydrogen-bond donors (Lipinski definition) is 3. The maximum absolute atomic E-state index is 14.7. The van der Waals surface area contributed by atoms with Crippen LogP contribution in [0.2, 0.25) is 0 Å². The zero-order valence-electron chi connectivity index (χ0n) is 16.8. The molecule has 1 aliphatic carbocycles. The minimum atomic E-state index is -0.754. The smallest absolute Gasteiger partial charge is 0.238 e. The Morgan fingerprint density at radius 2 is 2.03 bits per heavy atom. The van der Waals surface area contributed by atoms with Gasteiger partial charge in [0, 0.05) is 24.4 Å². The first-order chi connectivity index (χ1) is 14.6. The van der Waals surface area contributed by atoms with Crippen LogP contribution in [0, 0.1) is 23.1 Å². The topological polar surface area (TPSA) is 77.0 Å². The largest absolute Gasteiger partial charge is 0.339 e. The lowest BCUT2D eigenvalue weighted by atomic mass is 9.97. The Morgan fingerprint density at radius 1 is 1.27 bits per heavy atom. The SMILES string of the molecule is CSNc1ccc(-c2ccc(CC(C#N)NC(=O)[C@H]3N[C@@H]4CCC3C4)c(F)c2)cc1. The van der Waals surface area contributed by atoms with Gasteiger partial charge in [-0.25, -0.2) is 4.39 Å². The summed E-state index contributed by atoms with van der Waals surface area (Å²) in [6.07, 6.45) is 5.29. The van der Waals surface area contributed by atoms with E-state index in [1.807, 2.05) is 36.6 Å². The van der Waals surface area contributed by atoms with Gasteiger partial charge in [0.15, 0.2) is 0 Å². The van der Waals surface area contributed by atoms with Gasteiger partial charge < -0.3 is 15.4 Å². The molecule has 2 unspecified atom stereocenters. The van der Waals surface area contributed by atoms with Crippen molar-refractivity contribution in [1.82, 2.24) is 10.6 Å². The van der Waals surface area contributed by atoms with Crippen molar-refractivity contribution in [3.63, 3.8) is 0 Å². The molecule has 1 aliphatic heterocycles. The third-order valence-corrected chi connectivity index (χ3v) is 6.47. The maximum Gasteiger partial charge on any atom is 0.238 e. The first-order valence-electron chi connectivity index (χ1n) is 10.2. The van der Waals surface area contributed by atoms with Gasteiger partial charge in [-0.3, -0.25) is 4.79 Å². The van der Waals surface area contributed by atoms with Crippen molar-refractivity contribution < 1.29 is 9.18 Å². The summed E-state index contributed by atoms with van der Waals surface area (Å²) in [4.78, 5) is 12.6. The molecule has 2 aromatic rings. The second-order valence-electron chi connectivity index (χ2n) is 8.00. The lowest BCUT2D eigenvalue weighted by molar-refractivity contribution is -0.124. The average Bonchev–Trinajstić information content (AvgIpc) is 3.39. The molecule has 5 nitrogen and oxygen atoms in total. The normalized spacial score (nSPS) is 23.0. The number of piperidine rings is 1. The van der Waals surface area contributed by atoms with Gasteiger partial charge >= 0.3 is 0 Å². The Balaban J connectivity index is 1.41. The van der Waals surface area contributed by atoms with Crippen LogP contribution in [-0.2, 0) is 11.2 Å². The lowest BCUT2D eigenvalue weighted by Gasteiger charge is -2.23. The number of halogens is 1. The maximum atomic E-state index is 14.7. The molecule has 1 saturated carbocycles. The lowest BCUT2D eigenvalue weighted by Crippen LogP contribution is -2.50. The van der Waals surface area contributed by atoms with E-state index in [2.05, 4.69) is 21.4 Å². The second kappa shape index (κ2) is 9.07. The van der Waals surface area contributed by atoms with Crippen LogP contribution in [0.4, 0.5) is 10.1 Å².